The van der Waals surface area contributed by atoms with Gasteiger partial charge in [0.05, 0.1) is 11.8 Å². The predicted octanol–water partition coefficient (Wildman–Crippen LogP) is 2.04. The van der Waals surface area contributed by atoms with Gasteiger partial charge in [0.2, 0.25) is 5.95 Å². The number of anilines is 2. The molecular formula is C18H20ClFN4O3. The van der Waals surface area contributed by atoms with Crippen LogP contribution in [0.5, 0.6) is 0 Å². The van der Waals surface area contributed by atoms with Crippen LogP contribution < -0.4 is 10.6 Å². The van der Waals surface area contributed by atoms with Crippen molar-refractivity contribution in [1.29, 1.82) is 0 Å². The van der Waals surface area contributed by atoms with Crippen molar-refractivity contribution in [2.75, 3.05) is 23.7 Å². The highest BCUT2D eigenvalue weighted by atomic mass is 35.5. The predicted molar refractivity (Wildman–Crippen MR) is 99.2 cm³/mol. The molecule has 27 heavy (non-hydrogen) atoms. The number of hydrogen-bond donors (Lipinski definition) is 3. The Labute approximate surface area is 160 Å². The zero-order valence-corrected chi connectivity index (χ0v) is 15.4. The summed E-state index contributed by atoms with van der Waals surface area (Å²) in [6.45, 7) is 2.04. The molecule has 3 rings (SSSR count). The number of nitrogens with two attached hydrogens (primary N) is 1. The van der Waals surface area contributed by atoms with Gasteiger partial charge in [0.15, 0.2) is 5.82 Å². The fourth-order valence-electron chi connectivity index (χ4n) is 3.46. The topological polar surface area (TPSA) is 113 Å². The maximum absolute atomic E-state index is 13.2. The minimum Gasteiger partial charge on any atom is -0.481 e. The molecule has 4 N–H and O–H groups in total. The van der Waals surface area contributed by atoms with Gasteiger partial charge in [0, 0.05) is 13.1 Å². The summed E-state index contributed by atoms with van der Waals surface area (Å²) < 4.78 is 13.2. The minimum atomic E-state index is -1.49. The van der Waals surface area contributed by atoms with Gasteiger partial charge >= 0.3 is 5.97 Å². The third kappa shape index (κ3) is 3.68. The lowest BCUT2D eigenvalue weighted by atomic mass is 9.73. The number of aryl methyl sites for hydroxylation is 1. The van der Waals surface area contributed by atoms with Gasteiger partial charge in [0.1, 0.15) is 16.3 Å². The number of aliphatic carboxylic acids is 1. The summed E-state index contributed by atoms with van der Waals surface area (Å²) in [7, 11) is 0. The smallest absolute Gasteiger partial charge is 0.314 e. The maximum Gasteiger partial charge on any atom is 0.314 e. The van der Waals surface area contributed by atoms with Crippen LogP contribution in [0.3, 0.4) is 0 Å². The molecule has 0 saturated carbocycles. The first-order valence-corrected chi connectivity index (χ1v) is 8.81. The van der Waals surface area contributed by atoms with Crippen LogP contribution in [0.2, 0.25) is 5.02 Å². The molecular weight excluding hydrogens is 375 g/mol. The van der Waals surface area contributed by atoms with Crippen LogP contribution in [0.4, 0.5) is 16.2 Å². The molecule has 1 aliphatic rings. The Kier molecular flexibility index (Phi) is 5.21. The number of nitrogen functional groups attached to an aromatic ring is 1. The molecule has 1 saturated heterocycles. The van der Waals surface area contributed by atoms with Crippen molar-refractivity contribution in [2.24, 2.45) is 5.41 Å². The van der Waals surface area contributed by atoms with E-state index in [1.165, 1.54) is 24.3 Å². The van der Waals surface area contributed by atoms with Gasteiger partial charge < -0.3 is 20.8 Å². The summed E-state index contributed by atoms with van der Waals surface area (Å²) in [5.74, 6) is -1.16. The number of nitrogens with zero attached hydrogens (tertiary/aromatic N) is 3. The Hall–Kier alpha value is -2.45. The van der Waals surface area contributed by atoms with Crippen molar-refractivity contribution in [2.45, 2.75) is 25.9 Å². The Balaban J connectivity index is 1.98. The standard InChI is InChI=1S/C18H20ClFN4O3/c1-10-14(19)15(23-17(21)22-10)24-7-6-13(25)18(9-24,16(26)27)8-11-2-4-12(20)5-3-11/h2-5,13,25H,6-9H2,1H3,(H,26,27)(H2,21,22,23)/t13-,18+/m0/s1. The zero-order valence-electron chi connectivity index (χ0n) is 14.7. The fraction of sp³-hybridized carbons (Fsp3) is 0.389. The molecule has 2 atom stereocenters. The van der Waals surface area contributed by atoms with Crippen molar-refractivity contribution < 1.29 is 19.4 Å². The number of rotatable bonds is 4. The first kappa shape index (κ1) is 19.3. The molecule has 144 valence electrons. The van der Waals surface area contributed by atoms with Crippen LogP contribution in [0.25, 0.3) is 0 Å². The third-order valence-electron chi connectivity index (χ3n) is 4.96. The highest BCUT2D eigenvalue weighted by Crippen LogP contribution is 2.38. The SMILES string of the molecule is Cc1nc(N)nc(N2CC[C@H](O)[C@](Cc3ccc(F)cc3)(C(=O)O)C2)c1Cl. The molecule has 2 aromatic rings. The maximum atomic E-state index is 13.2. The zero-order chi connectivity index (χ0) is 19.8. The molecule has 0 amide bonds. The molecule has 0 aliphatic carbocycles. The van der Waals surface area contributed by atoms with Crippen LogP contribution in [0.15, 0.2) is 24.3 Å². The number of carboxylic acid groups (broad SMARTS) is 1. The van der Waals surface area contributed by atoms with E-state index in [1.54, 1.807) is 11.8 Å². The van der Waals surface area contributed by atoms with Crippen LogP contribution >= 0.6 is 11.6 Å². The molecule has 0 unspecified atom stereocenters. The molecule has 9 heteroatoms. The van der Waals surface area contributed by atoms with E-state index >= 15 is 0 Å². The van der Waals surface area contributed by atoms with Crippen molar-refractivity contribution in [3.63, 3.8) is 0 Å². The van der Waals surface area contributed by atoms with Crippen molar-refractivity contribution in [1.82, 2.24) is 9.97 Å². The van der Waals surface area contributed by atoms with E-state index in [2.05, 4.69) is 9.97 Å². The highest BCUT2D eigenvalue weighted by Gasteiger charge is 2.50. The number of carboxylic acids is 1. The Morgan fingerprint density at radius 2 is 2.07 bits per heavy atom. The van der Waals surface area contributed by atoms with E-state index in [0.29, 0.717) is 28.6 Å². The number of aliphatic hydroxyl groups is 1. The molecule has 1 aromatic carbocycles. The molecule has 1 aliphatic heterocycles. The van der Waals surface area contributed by atoms with E-state index in [1.807, 2.05) is 0 Å². The number of hydrogen-bond acceptors (Lipinski definition) is 6. The van der Waals surface area contributed by atoms with Crippen molar-refractivity contribution in [3.05, 3.63) is 46.4 Å². The quantitative estimate of drug-likeness (QED) is 0.727. The van der Waals surface area contributed by atoms with Crippen LogP contribution in [0, 0.1) is 18.2 Å². The fourth-order valence-corrected chi connectivity index (χ4v) is 3.67. The lowest BCUT2D eigenvalue weighted by Crippen LogP contribution is -2.57. The number of aromatic nitrogens is 2. The monoisotopic (exact) mass is 394 g/mol. The lowest BCUT2D eigenvalue weighted by molar-refractivity contribution is -0.157. The highest BCUT2D eigenvalue weighted by molar-refractivity contribution is 6.33. The van der Waals surface area contributed by atoms with E-state index < -0.39 is 23.3 Å². The molecule has 2 heterocycles. The Bertz CT molecular complexity index is 864. The van der Waals surface area contributed by atoms with Gasteiger partial charge in [-0.05, 0) is 37.5 Å². The van der Waals surface area contributed by atoms with E-state index in [9.17, 15) is 19.4 Å². The second-order valence-electron chi connectivity index (χ2n) is 6.80. The largest absolute Gasteiger partial charge is 0.481 e. The third-order valence-corrected chi connectivity index (χ3v) is 5.40. The van der Waals surface area contributed by atoms with E-state index in [4.69, 9.17) is 17.3 Å². The lowest BCUT2D eigenvalue weighted by Gasteiger charge is -2.44. The molecule has 0 spiro atoms. The minimum absolute atomic E-state index is 0.0174. The van der Waals surface area contributed by atoms with Crippen molar-refractivity contribution >= 4 is 29.3 Å². The van der Waals surface area contributed by atoms with Crippen LogP contribution in [-0.2, 0) is 11.2 Å². The first-order chi connectivity index (χ1) is 12.7. The van der Waals surface area contributed by atoms with E-state index in [0.717, 1.165) is 0 Å². The van der Waals surface area contributed by atoms with Gasteiger partial charge in [0.25, 0.3) is 0 Å². The van der Waals surface area contributed by atoms with Gasteiger partial charge in [-0.2, -0.15) is 4.98 Å². The van der Waals surface area contributed by atoms with Gasteiger partial charge in [-0.15, -0.1) is 0 Å². The number of benzene rings is 1. The summed E-state index contributed by atoms with van der Waals surface area (Å²) in [5, 5.41) is 20.8. The average molecular weight is 395 g/mol. The van der Waals surface area contributed by atoms with Crippen LogP contribution in [0.1, 0.15) is 17.7 Å². The van der Waals surface area contributed by atoms with Gasteiger partial charge in [-0.3, -0.25) is 4.79 Å². The summed E-state index contributed by atoms with van der Waals surface area (Å²) in [6.07, 6.45) is -0.820. The Morgan fingerprint density at radius 1 is 1.41 bits per heavy atom. The van der Waals surface area contributed by atoms with Gasteiger partial charge in [-0.1, -0.05) is 23.7 Å². The molecule has 0 radical (unpaired) electrons. The number of carbonyl (C=O) groups is 1. The summed E-state index contributed by atoms with van der Waals surface area (Å²) in [4.78, 5) is 22.1. The molecule has 1 aromatic heterocycles. The second kappa shape index (κ2) is 7.28. The second-order valence-corrected chi connectivity index (χ2v) is 7.17. The summed E-state index contributed by atoms with van der Waals surface area (Å²) in [6, 6.07) is 5.57. The molecule has 7 nitrogen and oxygen atoms in total. The van der Waals surface area contributed by atoms with Crippen molar-refractivity contribution in [3.8, 4) is 0 Å². The number of piperidine rings is 1. The normalized spacial score (nSPS) is 22.7. The molecule has 0 bridgehead atoms. The average Bonchev–Trinajstić information content (AvgIpc) is 2.62. The number of halogens is 2. The van der Waals surface area contributed by atoms with Crippen LogP contribution in [-0.4, -0.2) is 45.3 Å². The van der Waals surface area contributed by atoms with E-state index in [-0.39, 0.29) is 25.3 Å². The van der Waals surface area contributed by atoms with Gasteiger partial charge in [-0.25, -0.2) is 9.37 Å². The first-order valence-electron chi connectivity index (χ1n) is 8.43. The summed E-state index contributed by atoms with van der Waals surface area (Å²) >= 11 is 6.31. The summed E-state index contributed by atoms with van der Waals surface area (Å²) in [5.41, 5.74) is 5.33. The molecule has 1 fully saturated rings. The number of aliphatic hydroxyl groups excluding tert-OH is 1. The Morgan fingerprint density at radius 3 is 2.70 bits per heavy atom.